The number of nitrogens with zero attached hydrogens (tertiary/aromatic N) is 3. The summed E-state index contributed by atoms with van der Waals surface area (Å²) in [7, 11) is 0. The molecule has 5 heteroatoms. The van der Waals surface area contributed by atoms with Crippen LogP contribution in [0.5, 0.6) is 5.75 Å². The topological polar surface area (TPSA) is 61.0 Å². The summed E-state index contributed by atoms with van der Waals surface area (Å²) in [6.45, 7) is 4.90. The molecule has 0 N–H and O–H groups in total. The van der Waals surface area contributed by atoms with Gasteiger partial charge >= 0.3 is 0 Å². The first-order valence-electron chi connectivity index (χ1n) is 8.17. The van der Waals surface area contributed by atoms with E-state index in [2.05, 4.69) is 15.1 Å². The van der Waals surface area contributed by atoms with E-state index in [0.717, 1.165) is 18.3 Å². The first-order chi connectivity index (χ1) is 10.7. The maximum Gasteiger partial charge on any atom is 0.276 e. The molecule has 2 saturated carbocycles. The van der Waals surface area contributed by atoms with E-state index in [4.69, 9.17) is 9.26 Å². The van der Waals surface area contributed by atoms with Gasteiger partial charge in [-0.05, 0) is 37.5 Å². The summed E-state index contributed by atoms with van der Waals surface area (Å²) in [5, 5.41) is 4.01. The quantitative estimate of drug-likeness (QED) is 0.809. The molecule has 0 radical (unpaired) electrons. The van der Waals surface area contributed by atoms with E-state index in [1.807, 2.05) is 26.1 Å². The summed E-state index contributed by atoms with van der Waals surface area (Å²) in [6.07, 6.45) is 6.97. The van der Waals surface area contributed by atoms with E-state index in [-0.39, 0.29) is 5.92 Å². The first kappa shape index (κ1) is 13.7. The van der Waals surface area contributed by atoms with Crippen LogP contribution in [-0.2, 0) is 0 Å². The van der Waals surface area contributed by atoms with Crippen molar-refractivity contribution in [3.8, 4) is 17.3 Å². The van der Waals surface area contributed by atoms with Gasteiger partial charge < -0.3 is 9.26 Å². The van der Waals surface area contributed by atoms with E-state index >= 15 is 0 Å². The molecule has 0 aromatic carbocycles. The second kappa shape index (κ2) is 5.38. The highest BCUT2D eigenvalue weighted by molar-refractivity contribution is 5.53. The maximum absolute atomic E-state index is 6.05. The van der Waals surface area contributed by atoms with Crippen molar-refractivity contribution >= 4 is 0 Å². The average molecular weight is 299 g/mol. The van der Waals surface area contributed by atoms with Crippen LogP contribution in [0.1, 0.15) is 62.8 Å². The standard InChI is InChI=1S/C17H21N3O2/c1-10(2)16-19-17(22-20-16)14-7-15(21-9-11-3-4-11)13(8-18-14)12-5-6-12/h7-8,10-12H,3-6,9H2,1-2H3. The minimum atomic E-state index is 0.244. The zero-order valence-electron chi connectivity index (χ0n) is 13.1. The predicted molar refractivity (Wildman–Crippen MR) is 81.8 cm³/mol. The van der Waals surface area contributed by atoms with Crippen LogP contribution >= 0.6 is 0 Å². The SMILES string of the molecule is CC(C)c1noc(-c2cc(OCC3CC3)c(C3CC3)cn2)n1. The summed E-state index contributed by atoms with van der Waals surface area (Å²) in [6, 6.07) is 1.97. The minimum Gasteiger partial charge on any atom is -0.493 e. The van der Waals surface area contributed by atoms with Crippen LogP contribution in [0.4, 0.5) is 0 Å². The number of rotatable bonds is 6. The molecule has 0 amide bonds. The molecule has 116 valence electrons. The molecule has 22 heavy (non-hydrogen) atoms. The summed E-state index contributed by atoms with van der Waals surface area (Å²) in [4.78, 5) is 8.93. The molecule has 0 atom stereocenters. The van der Waals surface area contributed by atoms with Crippen molar-refractivity contribution in [3.05, 3.63) is 23.7 Å². The van der Waals surface area contributed by atoms with Crippen LogP contribution in [0, 0.1) is 5.92 Å². The van der Waals surface area contributed by atoms with Crippen molar-refractivity contribution in [2.75, 3.05) is 6.61 Å². The second-order valence-corrected chi connectivity index (χ2v) is 6.75. The highest BCUT2D eigenvalue weighted by atomic mass is 16.5. The Morgan fingerprint density at radius 1 is 1.27 bits per heavy atom. The van der Waals surface area contributed by atoms with Crippen LogP contribution in [0.15, 0.2) is 16.8 Å². The van der Waals surface area contributed by atoms with Gasteiger partial charge in [0.2, 0.25) is 0 Å². The van der Waals surface area contributed by atoms with E-state index in [1.165, 1.54) is 31.2 Å². The predicted octanol–water partition coefficient (Wildman–Crippen LogP) is 3.92. The van der Waals surface area contributed by atoms with Gasteiger partial charge in [-0.3, -0.25) is 4.98 Å². The van der Waals surface area contributed by atoms with Crippen molar-refractivity contribution in [3.63, 3.8) is 0 Å². The van der Waals surface area contributed by atoms with Crippen molar-refractivity contribution in [1.29, 1.82) is 0 Å². The lowest BCUT2D eigenvalue weighted by molar-refractivity contribution is 0.296. The van der Waals surface area contributed by atoms with Crippen LogP contribution in [0.3, 0.4) is 0 Å². The van der Waals surface area contributed by atoms with Gasteiger partial charge in [-0.2, -0.15) is 4.98 Å². The highest BCUT2D eigenvalue weighted by Gasteiger charge is 2.29. The molecule has 4 rings (SSSR count). The van der Waals surface area contributed by atoms with Gasteiger partial charge in [-0.1, -0.05) is 19.0 Å². The lowest BCUT2D eigenvalue weighted by Crippen LogP contribution is -2.02. The Kier molecular flexibility index (Phi) is 3.36. The van der Waals surface area contributed by atoms with Crippen molar-refractivity contribution in [2.45, 2.75) is 51.4 Å². The maximum atomic E-state index is 6.05. The summed E-state index contributed by atoms with van der Waals surface area (Å²) >= 11 is 0. The van der Waals surface area contributed by atoms with E-state index in [1.54, 1.807) is 0 Å². The second-order valence-electron chi connectivity index (χ2n) is 6.75. The van der Waals surface area contributed by atoms with E-state index in [9.17, 15) is 0 Å². The Morgan fingerprint density at radius 2 is 2.09 bits per heavy atom. The molecule has 2 heterocycles. The number of pyridine rings is 1. The molecule has 0 aliphatic heterocycles. The van der Waals surface area contributed by atoms with Gasteiger partial charge in [0.1, 0.15) is 11.4 Å². The molecule has 5 nitrogen and oxygen atoms in total. The van der Waals surface area contributed by atoms with Gasteiger partial charge in [-0.15, -0.1) is 0 Å². The Bertz CT molecular complexity index is 672. The molecular weight excluding hydrogens is 278 g/mol. The van der Waals surface area contributed by atoms with Gasteiger partial charge in [0.05, 0.1) is 6.61 Å². The third kappa shape index (κ3) is 2.85. The lowest BCUT2D eigenvalue weighted by Gasteiger charge is -2.11. The van der Waals surface area contributed by atoms with Gasteiger partial charge in [0.25, 0.3) is 5.89 Å². The number of ether oxygens (including phenoxy) is 1. The molecule has 2 aromatic heterocycles. The zero-order valence-corrected chi connectivity index (χ0v) is 13.1. The fourth-order valence-electron chi connectivity index (χ4n) is 2.46. The summed E-state index contributed by atoms with van der Waals surface area (Å²) in [5.41, 5.74) is 1.93. The van der Waals surface area contributed by atoms with Crippen LogP contribution in [0.2, 0.25) is 0 Å². The zero-order chi connectivity index (χ0) is 15.1. The Labute approximate surface area is 130 Å². The smallest absolute Gasteiger partial charge is 0.276 e. The summed E-state index contributed by atoms with van der Waals surface area (Å²) < 4.78 is 11.4. The number of aromatic nitrogens is 3. The molecule has 0 spiro atoms. The van der Waals surface area contributed by atoms with Crippen LogP contribution < -0.4 is 4.74 Å². The summed E-state index contributed by atoms with van der Waals surface area (Å²) in [5.74, 6) is 3.73. The molecule has 2 fully saturated rings. The van der Waals surface area contributed by atoms with Gasteiger partial charge in [-0.25, -0.2) is 0 Å². The van der Waals surface area contributed by atoms with Crippen LogP contribution in [0.25, 0.3) is 11.6 Å². The third-order valence-corrected chi connectivity index (χ3v) is 4.26. The van der Waals surface area contributed by atoms with Crippen LogP contribution in [-0.4, -0.2) is 21.7 Å². The van der Waals surface area contributed by atoms with Crippen molar-refractivity contribution < 1.29 is 9.26 Å². The molecule has 0 unspecified atom stereocenters. The molecule has 2 aliphatic rings. The fraction of sp³-hybridized carbons (Fsp3) is 0.588. The van der Waals surface area contributed by atoms with Crippen molar-refractivity contribution in [1.82, 2.24) is 15.1 Å². The monoisotopic (exact) mass is 299 g/mol. The molecular formula is C17H21N3O2. The largest absolute Gasteiger partial charge is 0.493 e. The van der Waals surface area contributed by atoms with E-state index < -0.39 is 0 Å². The highest BCUT2D eigenvalue weighted by Crippen LogP contribution is 2.45. The number of hydrogen-bond acceptors (Lipinski definition) is 5. The molecule has 0 bridgehead atoms. The Balaban J connectivity index is 1.62. The van der Waals surface area contributed by atoms with Gasteiger partial charge in [0, 0.05) is 23.7 Å². The molecule has 2 aromatic rings. The Hall–Kier alpha value is -1.91. The molecule has 0 saturated heterocycles. The third-order valence-electron chi connectivity index (χ3n) is 4.26. The minimum absolute atomic E-state index is 0.244. The van der Waals surface area contributed by atoms with Gasteiger partial charge in [0.15, 0.2) is 5.82 Å². The Morgan fingerprint density at radius 3 is 2.73 bits per heavy atom. The average Bonchev–Trinajstić information content (AvgIpc) is 3.43. The first-order valence-corrected chi connectivity index (χ1v) is 8.17. The number of hydrogen-bond donors (Lipinski definition) is 0. The van der Waals surface area contributed by atoms with Crippen molar-refractivity contribution in [2.24, 2.45) is 5.92 Å². The molecule has 2 aliphatic carbocycles. The van der Waals surface area contributed by atoms with E-state index in [0.29, 0.717) is 23.3 Å². The lowest BCUT2D eigenvalue weighted by atomic mass is 10.1. The normalized spacial score (nSPS) is 18.0. The fourth-order valence-corrected chi connectivity index (χ4v) is 2.46.